The van der Waals surface area contributed by atoms with Crippen LogP contribution in [0, 0.1) is 6.92 Å². The Bertz CT molecular complexity index is 351. The Kier molecular flexibility index (Phi) is 2.85. The minimum atomic E-state index is 0.182. The fraction of sp³-hybridized carbons (Fsp3) is 0.182. The molecule has 13 heavy (non-hydrogen) atoms. The van der Waals surface area contributed by atoms with E-state index in [1.54, 1.807) is 31.2 Å². The lowest BCUT2D eigenvalue weighted by molar-refractivity contribution is -0.103. The number of aldehydes is 1. The summed E-state index contributed by atoms with van der Waals surface area (Å²) in [6.45, 7) is 3.70. The first-order valence-electron chi connectivity index (χ1n) is 4.10. The Labute approximate surface area is 77.5 Å². The van der Waals surface area contributed by atoms with Crippen molar-refractivity contribution in [2.75, 3.05) is 0 Å². The van der Waals surface area contributed by atoms with Crippen molar-refractivity contribution in [3.05, 3.63) is 35.4 Å². The van der Waals surface area contributed by atoms with Crippen LogP contribution in [0.5, 0.6) is 5.75 Å². The fourth-order valence-corrected chi connectivity index (χ4v) is 1.21. The summed E-state index contributed by atoms with van der Waals surface area (Å²) < 4.78 is 0. The molecule has 0 spiro atoms. The largest absolute Gasteiger partial charge is 0.508 e. The summed E-state index contributed by atoms with van der Waals surface area (Å²) >= 11 is 0. The molecule has 0 aliphatic rings. The van der Waals surface area contributed by atoms with Crippen LogP contribution >= 0.6 is 0 Å². The summed E-state index contributed by atoms with van der Waals surface area (Å²) in [5.41, 5.74) is 2.38. The first-order valence-corrected chi connectivity index (χ1v) is 4.10. The van der Waals surface area contributed by atoms with Crippen molar-refractivity contribution >= 4 is 11.9 Å². The van der Waals surface area contributed by atoms with Gasteiger partial charge in [0.05, 0.1) is 0 Å². The summed E-state index contributed by atoms with van der Waals surface area (Å²) in [5.74, 6) is 0.182. The van der Waals surface area contributed by atoms with E-state index in [1.165, 1.54) is 0 Å². The molecule has 0 fully saturated rings. The predicted octanol–water partition coefficient (Wildman–Crippen LogP) is 2.30. The SMILES string of the molecule is CC=C(C=O)c1cc(O)ccc1C. The Morgan fingerprint density at radius 3 is 2.69 bits per heavy atom. The molecule has 0 atom stereocenters. The van der Waals surface area contributed by atoms with E-state index in [2.05, 4.69) is 0 Å². The highest BCUT2D eigenvalue weighted by Gasteiger charge is 2.03. The maximum absolute atomic E-state index is 10.7. The van der Waals surface area contributed by atoms with E-state index >= 15 is 0 Å². The van der Waals surface area contributed by atoms with E-state index in [0.29, 0.717) is 5.57 Å². The Morgan fingerprint density at radius 2 is 2.15 bits per heavy atom. The third-order valence-electron chi connectivity index (χ3n) is 1.97. The van der Waals surface area contributed by atoms with Crippen LogP contribution in [0.2, 0.25) is 0 Å². The average Bonchev–Trinajstić information content (AvgIpc) is 2.13. The van der Waals surface area contributed by atoms with E-state index in [1.807, 2.05) is 6.92 Å². The molecular weight excluding hydrogens is 164 g/mol. The van der Waals surface area contributed by atoms with Gasteiger partial charge in [0.1, 0.15) is 12.0 Å². The number of rotatable bonds is 2. The normalized spacial score (nSPS) is 11.4. The van der Waals surface area contributed by atoms with Gasteiger partial charge >= 0.3 is 0 Å². The number of carbonyl (C=O) groups excluding carboxylic acids is 1. The second-order valence-corrected chi connectivity index (χ2v) is 2.86. The smallest absolute Gasteiger partial charge is 0.150 e. The van der Waals surface area contributed by atoms with Crippen LogP contribution in [0.1, 0.15) is 18.1 Å². The van der Waals surface area contributed by atoms with Gasteiger partial charge in [-0.3, -0.25) is 4.79 Å². The van der Waals surface area contributed by atoms with Gasteiger partial charge in [0.2, 0.25) is 0 Å². The van der Waals surface area contributed by atoms with Crippen LogP contribution in [0.3, 0.4) is 0 Å². The molecule has 0 bridgehead atoms. The van der Waals surface area contributed by atoms with Crippen molar-refractivity contribution in [3.63, 3.8) is 0 Å². The Balaban J connectivity index is 3.27. The molecule has 0 unspecified atom stereocenters. The zero-order valence-corrected chi connectivity index (χ0v) is 7.74. The number of allylic oxidation sites excluding steroid dienone is 2. The summed E-state index contributed by atoms with van der Waals surface area (Å²) in [6.07, 6.45) is 2.52. The van der Waals surface area contributed by atoms with Gasteiger partial charge in [-0.1, -0.05) is 12.1 Å². The van der Waals surface area contributed by atoms with Crippen LogP contribution in [-0.4, -0.2) is 11.4 Å². The molecule has 0 amide bonds. The first-order chi connectivity index (χ1) is 6.19. The molecule has 0 aliphatic heterocycles. The highest BCUT2D eigenvalue weighted by molar-refractivity contribution is 6.07. The molecule has 68 valence electrons. The van der Waals surface area contributed by atoms with Gasteiger partial charge in [0.15, 0.2) is 0 Å². The molecule has 0 saturated carbocycles. The highest BCUT2D eigenvalue weighted by Crippen LogP contribution is 2.21. The predicted molar refractivity (Wildman–Crippen MR) is 52.6 cm³/mol. The topological polar surface area (TPSA) is 37.3 Å². The molecule has 2 heteroatoms. The van der Waals surface area contributed by atoms with Gasteiger partial charge < -0.3 is 5.11 Å². The number of benzene rings is 1. The molecule has 0 saturated heterocycles. The fourth-order valence-electron chi connectivity index (χ4n) is 1.21. The number of aromatic hydroxyl groups is 1. The van der Waals surface area contributed by atoms with Gasteiger partial charge in [-0.05, 0) is 37.1 Å². The average molecular weight is 176 g/mol. The summed E-state index contributed by atoms with van der Waals surface area (Å²) in [4.78, 5) is 10.7. The summed E-state index contributed by atoms with van der Waals surface area (Å²) in [7, 11) is 0. The van der Waals surface area contributed by atoms with Crippen molar-refractivity contribution in [1.29, 1.82) is 0 Å². The summed E-state index contributed by atoms with van der Waals surface area (Å²) in [5, 5.41) is 9.23. The number of phenols is 1. The maximum Gasteiger partial charge on any atom is 0.150 e. The lowest BCUT2D eigenvalue weighted by Gasteiger charge is -2.04. The van der Waals surface area contributed by atoms with Gasteiger partial charge in [0, 0.05) is 5.57 Å². The van der Waals surface area contributed by atoms with Crippen molar-refractivity contribution in [2.45, 2.75) is 13.8 Å². The zero-order valence-electron chi connectivity index (χ0n) is 7.74. The minimum Gasteiger partial charge on any atom is -0.508 e. The molecule has 0 heterocycles. The maximum atomic E-state index is 10.7. The minimum absolute atomic E-state index is 0.182. The Morgan fingerprint density at radius 1 is 1.46 bits per heavy atom. The molecule has 1 rings (SSSR count). The van der Waals surface area contributed by atoms with Gasteiger partial charge in [-0.25, -0.2) is 0 Å². The van der Waals surface area contributed by atoms with E-state index in [0.717, 1.165) is 17.4 Å². The molecule has 0 aromatic heterocycles. The molecule has 2 nitrogen and oxygen atoms in total. The van der Waals surface area contributed by atoms with Gasteiger partial charge in [-0.15, -0.1) is 0 Å². The molecule has 0 aliphatic carbocycles. The van der Waals surface area contributed by atoms with Gasteiger partial charge in [0.25, 0.3) is 0 Å². The summed E-state index contributed by atoms with van der Waals surface area (Å²) in [6, 6.07) is 4.99. The second kappa shape index (κ2) is 3.90. The zero-order chi connectivity index (χ0) is 9.84. The molecule has 1 N–H and O–H groups in total. The number of carbonyl (C=O) groups is 1. The molecule has 1 aromatic carbocycles. The number of aryl methyl sites for hydroxylation is 1. The van der Waals surface area contributed by atoms with Crippen molar-refractivity contribution in [2.24, 2.45) is 0 Å². The standard InChI is InChI=1S/C11H12O2/c1-3-9(7-12)11-6-10(13)5-4-8(11)2/h3-7,13H,1-2H3. The lowest BCUT2D eigenvalue weighted by Crippen LogP contribution is -1.89. The highest BCUT2D eigenvalue weighted by atomic mass is 16.3. The van der Waals surface area contributed by atoms with Crippen LogP contribution in [0.25, 0.3) is 5.57 Å². The van der Waals surface area contributed by atoms with Crippen LogP contribution in [0.15, 0.2) is 24.3 Å². The van der Waals surface area contributed by atoms with Crippen LogP contribution in [-0.2, 0) is 4.79 Å². The van der Waals surface area contributed by atoms with Crippen molar-refractivity contribution in [1.82, 2.24) is 0 Å². The third-order valence-corrected chi connectivity index (χ3v) is 1.97. The molecular formula is C11H12O2. The Hall–Kier alpha value is -1.57. The third kappa shape index (κ3) is 1.96. The quantitative estimate of drug-likeness (QED) is 0.554. The number of hydrogen-bond acceptors (Lipinski definition) is 2. The van der Waals surface area contributed by atoms with Crippen molar-refractivity contribution < 1.29 is 9.90 Å². The number of hydrogen-bond donors (Lipinski definition) is 1. The lowest BCUT2D eigenvalue weighted by atomic mass is 10.0. The van der Waals surface area contributed by atoms with E-state index in [4.69, 9.17) is 0 Å². The van der Waals surface area contributed by atoms with E-state index in [-0.39, 0.29) is 5.75 Å². The number of phenolic OH excluding ortho intramolecular Hbond substituents is 1. The first kappa shape index (κ1) is 9.52. The van der Waals surface area contributed by atoms with Crippen LogP contribution < -0.4 is 0 Å². The monoisotopic (exact) mass is 176 g/mol. The second-order valence-electron chi connectivity index (χ2n) is 2.86. The van der Waals surface area contributed by atoms with E-state index < -0.39 is 0 Å². The van der Waals surface area contributed by atoms with Crippen LogP contribution in [0.4, 0.5) is 0 Å². The molecule has 1 aromatic rings. The van der Waals surface area contributed by atoms with Crippen molar-refractivity contribution in [3.8, 4) is 5.75 Å². The van der Waals surface area contributed by atoms with Gasteiger partial charge in [-0.2, -0.15) is 0 Å². The molecule has 0 radical (unpaired) electrons. The van der Waals surface area contributed by atoms with E-state index in [9.17, 15) is 9.90 Å².